The van der Waals surface area contributed by atoms with Crippen LogP contribution in [0.3, 0.4) is 0 Å². The SMILES string of the molecule is CCC[C@H](N[S@@](=O)C(C)(C)C)c1cccc(-c2cc(C3=CCN(C(=O)OC(C)(C)C)CC3)c3cnn(-c4cccc(CO[Si](C)(C)C(C)(C)C)n4)c3c2)n1. The van der Waals surface area contributed by atoms with Crippen LogP contribution in [0, 0.1) is 0 Å². The molecule has 54 heavy (non-hydrogen) atoms. The van der Waals surface area contributed by atoms with Gasteiger partial charge in [-0.25, -0.2) is 23.4 Å². The first kappa shape index (κ1) is 41.5. The van der Waals surface area contributed by atoms with Gasteiger partial charge in [0.1, 0.15) is 5.60 Å². The Bertz CT molecular complexity index is 2020. The minimum absolute atomic E-state index is 0.0922. The number of rotatable bonds is 11. The summed E-state index contributed by atoms with van der Waals surface area (Å²) in [5, 5.41) is 5.98. The third kappa shape index (κ3) is 9.93. The van der Waals surface area contributed by atoms with Crippen molar-refractivity contribution < 1.29 is 18.2 Å². The maximum atomic E-state index is 13.2. The number of carbonyl (C=O) groups excluding carboxylic acids is 1. The summed E-state index contributed by atoms with van der Waals surface area (Å²) in [6, 6.07) is 16.2. The summed E-state index contributed by atoms with van der Waals surface area (Å²) in [6.45, 7) is 26.4. The summed E-state index contributed by atoms with van der Waals surface area (Å²) in [5.74, 6) is 0.705. The highest BCUT2D eigenvalue weighted by molar-refractivity contribution is 7.84. The van der Waals surface area contributed by atoms with Crippen molar-refractivity contribution in [2.45, 2.75) is 130 Å². The fourth-order valence-corrected chi connectivity index (χ4v) is 7.73. The number of nitrogens with zero attached hydrogens (tertiary/aromatic N) is 5. The Morgan fingerprint density at radius 1 is 1.00 bits per heavy atom. The maximum Gasteiger partial charge on any atom is 0.410 e. The molecular formula is C42H60N6O4SSi. The van der Waals surface area contributed by atoms with Gasteiger partial charge < -0.3 is 14.1 Å². The van der Waals surface area contributed by atoms with Crippen molar-refractivity contribution in [3.05, 3.63) is 77.8 Å². The van der Waals surface area contributed by atoms with E-state index in [1.54, 1.807) is 4.90 Å². The predicted octanol–water partition coefficient (Wildman–Crippen LogP) is 9.92. The molecule has 0 fully saturated rings. The number of fused-ring (bicyclic) bond motifs is 1. The van der Waals surface area contributed by atoms with Crippen LogP contribution in [-0.4, -0.2) is 66.7 Å². The summed E-state index contributed by atoms with van der Waals surface area (Å²) in [5.41, 5.74) is 5.96. The molecule has 5 rings (SSSR count). The van der Waals surface area contributed by atoms with Crippen LogP contribution in [0.25, 0.3) is 33.6 Å². The summed E-state index contributed by atoms with van der Waals surface area (Å²) >= 11 is 0. The highest BCUT2D eigenvalue weighted by Crippen LogP contribution is 2.38. The standard InChI is InChI=1S/C42H60N6O4SSi/c1-13-16-36(46-53(50)41(5,6)7)35-19-15-18-34(45-35)30-25-32(29-21-23-47(24-22-29)39(49)52-40(2,3)4)33-27-43-48(37(33)26-30)38-20-14-17-31(44-38)28-51-54(11,12)42(8,9)10/h14-15,17-21,25-27,36,46H,13,16,22-24,28H2,1-12H3/t36-,53-/m0/s1. The van der Waals surface area contributed by atoms with Gasteiger partial charge in [-0.2, -0.15) is 5.10 Å². The Morgan fingerprint density at radius 3 is 2.35 bits per heavy atom. The molecule has 2 atom stereocenters. The fourth-order valence-electron chi connectivity index (χ4n) is 5.93. The molecule has 3 aromatic heterocycles. The van der Waals surface area contributed by atoms with E-state index >= 15 is 0 Å². The van der Waals surface area contributed by atoms with Crippen molar-refractivity contribution in [1.29, 1.82) is 0 Å². The lowest BCUT2D eigenvalue weighted by atomic mass is 9.93. The van der Waals surface area contributed by atoms with E-state index in [2.05, 4.69) is 63.7 Å². The van der Waals surface area contributed by atoms with Gasteiger partial charge in [0.25, 0.3) is 0 Å². The van der Waals surface area contributed by atoms with Gasteiger partial charge in [-0.05, 0) is 120 Å². The molecule has 1 aliphatic heterocycles. The highest BCUT2D eigenvalue weighted by atomic mass is 32.2. The molecule has 0 bridgehead atoms. The molecule has 0 saturated carbocycles. The van der Waals surface area contributed by atoms with Crippen molar-refractivity contribution in [2.75, 3.05) is 13.1 Å². The molecule has 0 saturated heterocycles. The van der Waals surface area contributed by atoms with Gasteiger partial charge in [0.2, 0.25) is 0 Å². The number of carbonyl (C=O) groups is 1. The smallest absolute Gasteiger partial charge is 0.410 e. The summed E-state index contributed by atoms with van der Waals surface area (Å²) < 4.78 is 30.2. The van der Waals surface area contributed by atoms with E-state index in [1.807, 2.05) is 88.8 Å². The highest BCUT2D eigenvalue weighted by Gasteiger charge is 2.37. The number of ether oxygens (including phenoxy) is 1. The molecule has 0 unspecified atom stereocenters. The van der Waals surface area contributed by atoms with Crippen LogP contribution in [0.1, 0.15) is 111 Å². The van der Waals surface area contributed by atoms with Crippen LogP contribution < -0.4 is 4.72 Å². The van der Waals surface area contributed by atoms with E-state index in [0.29, 0.717) is 31.9 Å². The Labute approximate surface area is 325 Å². The Hall–Kier alpha value is -3.71. The van der Waals surface area contributed by atoms with Crippen LogP contribution in [-0.2, 0) is 26.8 Å². The van der Waals surface area contributed by atoms with E-state index in [-0.39, 0.29) is 17.2 Å². The van der Waals surface area contributed by atoms with Crippen LogP contribution in [0.4, 0.5) is 4.79 Å². The van der Waals surface area contributed by atoms with E-state index in [4.69, 9.17) is 24.2 Å². The zero-order valence-electron chi connectivity index (χ0n) is 34.4. The number of pyridine rings is 2. The van der Waals surface area contributed by atoms with E-state index in [9.17, 15) is 9.00 Å². The van der Waals surface area contributed by atoms with Crippen molar-refractivity contribution in [1.82, 2.24) is 29.4 Å². The van der Waals surface area contributed by atoms with Crippen molar-refractivity contribution in [3.8, 4) is 17.1 Å². The third-order valence-electron chi connectivity index (χ3n) is 10.1. The molecule has 12 heteroatoms. The van der Waals surface area contributed by atoms with Crippen molar-refractivity contribution in [2.24, 2.45) is 0 Å². The molecule has 4 aromatic rings. The van der Waals surface area contributed by atoms with Crippen LogP contribution in [0.5, 0.6) is 0 Å². The lowest BCUT2D eigenvalue weighted by Crippen LogP contribution is -2.40. The number of amides is 1. The van der Waals surface area contributed by atoms with Gasteiger partial charge >= 0.3 is 6.09 Å². The maximum absolute atomic E-state index is 13.2. The number of benzene rings is 1. The minimum atomic E-state index is -1.98. The Morgan fingerprint density at radius 2 is 1.72 bits per heavy atom. The first-order valence-corrected chi connectivity index (χ1v) is 23.2. The van der Waals surface area contributed by atoms with E-state index in [0.717, 1.165) is 57.5 Å². The Balaban J connectivity index is 1.59. The molecule has 0 aliphatic carbocycles. The summed E-state index contributed by atoms with van der Waals surface area (Å²) in [7, 11) is -3.23. The van der Waals surface area contributed by atoms with Gasteiger partial charge in [0.05, 0.1) is 57.2 Å². The van der Waals surface area contributed by atoms with E-state index < -0.39 is 29.7 Å². The molecule has 292 valence electrons. The number of hydrogen-bond donors (Lipinski definition) is 1. The molecule has 1 aromatic carbocycles. The second-order valence-corrected chi connectivity index (χ2v) is 24.5. The van der Waals surface area contributed by atoms with Crippen LogP contribution in [0.2, 0.25) is 18.1 Å². The largest absolute Gasteiger partial charge is 0.444 e. The van der Waals surface area contributed by atoms with Gasteiger partial charge in [-0.15, -0.1) is 0 Å². The number of nitrogens with one attached hydrogen (secondary N) is 1. The van der Waals surface area contributed by atoms with Crippen LogP contribution >= 0.6 is 0 Å². The second-order valence-electron chi connectivity index (χ2n) is 17.7. The van der Waals surface area contributed by atoms with Gasteiger partial charge in [-0.1, -0.05) is 52.3 Å². The van der Waals surface area contributed by atoms with Crippen molar-refractivity contribution >= 4 is 41.9 Å². The van der Waals surface area contributed by atoms with Gasteiger partial charge in [0, 0.05) is 24.0 Å². The monoisotopic (exact) mass is 772 g/mol. The first-order valence-electron chi connectivity index (χ1n) is 19.1. The zero-order chi connectivity index (χ0) is 39.6. The molecule has 1 aliphatic rings. The second kappa shape index (κ2) is 16.2. The molecule has 1 N–H and O–H groups in total. The normalized spacial score (nSPS) is 15.6. The average molecular weight is 773 g/mol. The lowest BCUT2D eigenvalue weighted by molar-refractivity contribution is 0.0270. The topological polar surface area (TPSA) is 111 Å². The number of aromatic nitrogens is 4. The lowest BCUT2D eigenvalue weighted by Gasteiger charge is -2.36. The first-order chi connectivity index (χ1) is 25.2. The molecule has 0 spiro atoms. The fraction of sp³-hybridized carbons (Fsp3) is 0.524. The minimum Gasteiger partial charge on any atom is -0.444 e. The summed E-state index contributed by atoms with van der Waals surface area (Å²) in [6.07, 6.45) is 6.10. The molecule has 10 nitrogen and oxygen atoms in total. The van der Waals surface area contributed by atoms with E-state index in [1.165, 1.54) is 0 Å². The molecule has 0 radical (unpaired) electrons. The van der Waals surface area contributed by atoms with Gasteiger partial charge in [-0.3, -0.25) is 4.98 Å². The number of hydrogen-bond acceptors (Lipinski definition) is 7. The Kier molecular flexibility index (Phi) is 12.4. The quantitative estimate of drug-likeness (QED) is 0.151. The summed E-state index contributed by atoms with van der Waals surface area (Å²) in [4.78, 5) is 24.9. The van der Waals surface area contributed by atoms with Crippen molar-refractivity contribution in [3.63, 3.8) is 0 Å². The predicted molar refractivity (Wildman–Crippen MR) is 223 cm³/mol. The molecule has 1 amide bonds. The third-order valence-corrected chi connectivity index (χ3v) is 16.2. The molecule has 4 heterocycles. The average Bonchev–Trinajstić information content (AvgIpc) is 3.53. The zero-order valence-corrected chi connectivity index (χ0v) is 36.2. The molecular weight excluding hydrogens is 713 g/mol. The van der Waals surface area contributed by atoms with Gasteiger partial charge in [0.15, 0.2) is 14.1 Å². The van der Waals surface area contributed by atoms with Crippen LogP contribution in [0.15, 0.2) is 60.8 Å².